The molecule has 0 radical (unpaired) electrons. The predicted molar refractivity (Wildman–Crippen MR) is 79.3 cm³/mol. The number of nitrogens with zero attached hydrogens (tertiary/aromatic N) is 1. The van der Waals surface area contributed by atoms with Gasteiger partial charge in [0.1, 0.15) is 5.69 Å². The molecule has 5 heteroatoms. The number of carbonyl (C=O) groups is 2. The lowest BCUT2D eigenvalue weighted by Crippen LogP contribution is -2.37. The molecule has 1 atom stereocenters. The topological polar surface area (TPSA) is 73.4 Å². The van der Waals surface area contributed by atoms with Gasteiger partial charge in [-0.15, -0.1) is 0 Å². The first-order valence-electron chi connectivity index (χ1n) is 7.17. The second-order valence-corrected chi connectivity index (χ2v) is 5.67. The van der Waals surface area contributed by atoms with Gasteiger partial charge in [-0.1, -0.05) is 12.1 Å². The fraction of sp³-hybridized carbons (Fsp3) is 0.375. The van der Waals surface area contributed by atoms with E-state index < -0.39 is 5.97 Å². The Kier molecular flexibility index (Phi) is 3.41. The standard InChI is InChI=1S/C16H18N2O3/c1-10-4-5-11-8-14(17-13(11)7-10)16(21)18-6-2-3-12(18)9-15(19)20/h4-5,7-8,12,17H,2-3,6,9H2,1H3,(H,19,20). The first kappa shape index (κ1) is 13.7. The second kappa shape index (κ2) is 5.24. The van der Waals surface area contributed by atoms with Crippen LogP contribution in [0.2, 0.25) is 0 Å². The molecule has 0 spiro atoms. The molecule has 110 valence electrons. The summed E-state index contributed by atoms with van der Waals surface area (Å²) in [6.45, 7) is 2.64. The van der Waals surface area contributed by atoms with E-state index in [1.165, 1.54) is 0 Å². The molecule has 2 heterocycles. The minimum atomic E-state index is -0.855. The zero-order valence-corrected chi connectivity index (χ0v) is 11.9. The summed E-state index contributed by atoms with van der Waals surface area (Å²) >= 11 is 0. The summed E-state index contributed by atoms with van der Waals surface area (Å²) in [5.41, 5.74) is 2.61. The third-order valence-electron chi connectivity index (χ3n) is 4.06. The third-order valence-corrected chi connectivity index (χ3v) is 4.06. The highest BCUT2D eigenvalue weighted by Crippen LogP contribution is 2.24. The Morgan fingerprint density at radius 1 is 1.38 bits per heavy atom. The molecule has 1 aromatic heterocycles. The fourth-order valence-corrected chi connectivity index (χ4v) is 3.03. The highest BCUT2D eigenvalue weighted by atomic mass is 16.4. The lowest BCUT2D eigenvalue weighted by Gasteiger charge is -2.22. The SMILES string of the molecule is Cc1ccc2cc(C(=O)N3CCCC3CC(=O)O)[nH]c2c1. The van der Waals surface area contributed by atoms with E-state index in [0.717, 1.165) is 29.3 Å². The summed E-state index contributed by atoms with van der Waals surface area (Å²) < 4.78 is 0. The Balaban J connectivity index is 1.87. The Morgan fingerprint density at radius 3 is 2.95 bits per heavy atom. The van der Waals surface area contributed by atoms with Crippen molar-refractivity contribution < 1.29 is 14.7 Å². The van der Waals surface area contributed by atoms with Crippen molar-refractivity contribution in [2.75, 3.05) is 6.54 Å². The van der Waals surface area contributed by atoms with E-state index in [-0.39, 0.29) is 18.4 Å². The molecule has 3 rings (SSSR count). The Labute approximate surface area is 122 Å². The molecule has 1 amide bonds. The Bertz CT molecular complexity index is 705. The molecule has 1 unspecified atom stereocenters. The van der Waals surface area contributed by atoms with Crippen LogP contribution < -0.4 is 0 Å². The van der Waals surface area contributed by atoms with Crippen LogP contribution >= 0.6 is 0 Å². The maximum absolute atomic E-state index is 12.6. The number of fused-ring (bicyclic) bond motifs is 1. The average molecular weight is 286 g/mol. The van der Waals surface area contributed by atoms with Gasteiger partial charge in [0.2, 0.25) is 0 Å². The van der Waals surface area contributed by atoms with Gasteiger partial charge >= 0.3 is 5.97 Å². The molecule has 1 aromatic carbocycles. The molecule has 2 aromatic rings. The van der Waals surface area contributed by atoms with Crippen LogP contribution in [-0.2, 0) is 4.79 Å². The van der Waals surface area contributed by atoms with E-state index in [0.29, 0.717) is 12.2 Å². The third kappa shape index (κ3) is 2.63. The number of rotatable bonds is 3. The zero-order valence-electron chi connectivity index (χ0n) is 11.9. The van der Waals surface area contributed by atoms with Crippen molar-refractivity contribution in [3.05, 3.63) is 35.5 Å². The molecule has 1 fully saturated rings. The lowest BCUT2D eigenvalue weighted by atomic mass is 10.1. The number of likely N-dealkylation sites (tertiary alicyclic amines) is 1. The minimum Gasteiger partial charge on any atom is -0.481 e. The first-order chi connectivity index (χ1) is 10.0. The number of aromatic nitrogens is 1. The van der Waals surface area contributed by atoms with Gasteiger partial charge in [0.25, 0.3) is 5.91 Å². The van der Waals surface area contributed by atoms with Crippen LogP contribution in [-0.4, -0.2) is 39.5 Å². The zero-order chi connectivity index (χ0) is 15.0. The number of carboxylic acid groups (broad SMARTS) is 1. The van der Waals surface area contributed by atoms with E-state index >= 15 is 0 Å². The van der Waals surface area contributed by atoms with Crippen molar-refractivity contribution in [3.8, 4) is 0 Å². The van der Waals surface area contributed by atoms with Crippen molar-refractivity contribution in [2.45, 2.75) is 32.2 Å². The number of hydrogen-bond donors (Lipinski definition) is 2. The van der Waals surface area contributed by atoms with Gasteiger partial charge in [0, 0.05) is 23.5 Å². The molecule has 2 N–H and O–H groups in total. The number of aromatic amines is 1. The minimum absolute atomic E-state index is 0.0189. The number of nitrogens with one attached hydrogen (secondary N) is 1. The normalized spacial score (nSPS) is 18.3. The van der Waals surface area contributed by atoms with E-state index in [9.17, 15) is 9.59 Å². The van der Waals surface area contributed by atoms with Gasteiger partial charge in [-0.3, -0.25) is 9.59 Å². The molecule has 21 heavy (non-hydrogen) atoms. The summed E-state index contributed by atoms with van der Waals surface area (Å²) in [5.74, 6) is -0.959. The van der Waals surface area contributed by atoms with E-state index in [1.807, 2.05) is 31.2 Å². The maximum atomic E-state index is 12.6. The first-order valence-corrected chi connectivity index (χ1v) is 7.17. The largest absolute Gasteiger partial charge is 0.481 e. The number of carbonyl (C=O) groups excluding carboxylic acids is 1. The molecule has 0 aliphatic carbocycles. The number of benzene rings is 1. The number of amides is 1. The molecule has 0 bridgehead atoms. The van der Waals surface area contributed by atoms with Crippen LogP contribution in [0.4, 0.5) is 0 Å². The number of carboxylic acids is 1. The Morgan fingerprint density at radius 2 is 2.19 bits per heavy atom. The van der Waals surface area contributed by atoms with Crippen molar-refractivity contribution in [2.24, 2.45) is 0 Å². The summed E-state index contributed by atoms with van der Waals surface area (Å²) in [6.07, 6.45) is 1.64. The van der Waals surface area contributed by atoms with Crippen LogP contribution in [0, 0.1) is 6.92 Å². The van der Waals surface area contributed by atoms with Gasteiger partial charge in [-0.05, 0) is 37.5 Å². The molecule has 1 aliphatic rings. The fourth-order valence-electron chi connectivity index (χ4n) is 3.03. The molecule has 5 nitrogen and oxygen atoms in total. The maximum Gasteiger partial charge on any atom is 0.305 e. The smallest absolute Gasteiger partial charge is 0.305 e. The highest BCUT2D eigenvalue weighted by molar-refractivity contribution is 5.98. The van der Waals surface area contributed by atoms with Crippen molar-refractivity contribution in [3.63, 3.8) is 0 Å². The summed E-state index contributed by atoms with van der Waals surface area (Å²) in [4.78, 5) is 28.3. The van der Waals surface area contributed by atoms with Gasteiger partial charge in [0.05, 0.1) is 6.42 Å². The Hall–Kier alpha value is -2.30. The summed E-state index contributed by atoms with van der Waals surface area (Å²) in [5, 5.41) is 9.94. The van der Waals surface area contributed by atoms with Gasteiger partial charge in [0.15, 0.2) is 0 Å². The van der Waals surface area contributed by atoms with Crippen molar-refractivity contribution >= 4 is 22.8 Å². The number of H-pyrrole nitrogens is 1. The number of aliphatic carboxylic acids is 1. The molecular formula is C16H18N2O3. The van der Waals surface area contributed by atoms with Crippen LogP contribution in [0.3, 0.4) is 0 Å². The van der Waals surface area contributed by atoms with Gasteiger partial charge < -0.3 is 15.0 Å². The van der Waals surface area contributed by atoms with Crippen LogP contribution in [0.5, 0.6) is 0 Å². The summed E-state index contributed by atoms with van der Waals surface area (Å²) in [7, 11) is 0. The van der Waals surface area contributed by atoms with Gasteiger partial charge in [-0.25, -0.2) is 0 Å². The number of hydrogen-bond acceptors (Lipinski definition) is 2. The van der Waals surface area contributed by atoms with Crippen LogP contribution in [0.25, 0.3) is 10.9 Å². The highest BCUT2D eigenvalue weighted by Gasteiger charge is 2.31. The monoisotopic (exact) mass is 286 g/mol. The second-order valence-electron chi connectivity index (χ2n) is 5.67. The van der Waals surface area contributed by atoms with E-state index in [2.05, 4.69) is 4.98 Å². The van der Waals surface area contributed by atoms with Gasteiger partial charge in [-0.2, -0.15) is 0 Å². The van der Waals surface area contributed by atoms with E-state index in [4.69, 9.17) is 5.11 Å². The molecule has 1 saturated heterocycles. The average Bonchev–Trinajstić information content (AvgIpc) is 3.03. The van der Waals surface area contributed by atoms with Crippen LogP contribution in [0.15, 0.2) is 24.3 Å². The van der Waals surface area contributed by atoms with Crippen molar-refractivity contribution in [1.29, 1.82) is 0 Å². The predicted octanol–water partition coefficient (Wildman–Crippen LogP) is 2.56. The molecular weight excluding hydrogens is 268 g/mol. The lowest BCUT2D eigenvalue weighted by molar-refractivity contribution is -0.137. The van der Waals surface area contributed by atoms with Crippen molar-refractivity contribution in [1.82, 2.24) is 9.88 Å². The summed E-state index contributed by atoms with van der Waals surface area (Å²) in [6, 6.07) is 7.64. The van der Waals surface area contributed by atoms with E-state index in [1.54, 1.807) is 4.90 Å². The number of aryl methyl sites for hydroxylation is 1. The molecule has 1 aliphatic heterocycles. The quantitative estimate of drug-likeness (QED) is 0.910. The molecule has 0 saturated carbocycles. The van der Waals surface area contributed by atoms with Crippen LogP contribution in [0.1, 0.15) is 35.3 Å².